The molecule has 3 rings (SSSR count). The largest absolute Gasteiger partial charge is 0.294 e. The normalized spacial score (nSPS) is 11.1. The first-order valence-corrected chi connectivity index (χ1v) is 7.01. The lowest BCUT2D eigenvalue weighted by molar-refractivity contribution is 0.629. The molecule has 0 fully saturated rings. The molecule has 19 heavy (non-hydrogen) atoms. The summed E-state index contributed by atoms with van der Waals surface area (Å²) < 4.78 is 16.2. The minimum Gasteiger partial charge on any atom is -0.294 e. The van der Waals surface area contributed by atoms with Crippen molar-refractivity contribution in [1.82, 2.24) is 9.55 Å². The first-order chi connectivity index (χ1) is 9.20. The lowest BCUT2D eigenvalue weighted by Gasteiger charge is -2.09. The zero-order valence-corrected chi connectivity index (χ0v) is 12.1. The predicted molar refractivity (Wildman–Crippen MR) is 78.3 cm³/mol. The van der Waals surface area contributed by atoms with Crippen molar-refractivity contribution in [3.05, 3.63) is 58.6 Å². The molecule has 0 radical (unpaired) electrons. The molecule has 0 saturated carbocycles. The fourth-order valence-electron chi connectivity index (χ4n) is 2.09. The van der Waals surface area contributed by atoms with Crippen LogP contribution >= 0.6 is 27.5 Å². The van der Waals surface area contributed by atoms with Gasteiger partial charge in [-0.2, -0.15) is 0 Å². The molecule has 3 aromatic rings. The van der Waals surface area contributed by atoms with Crippen molar-refractivity contribution < 1.29 is 4.39 Å². The Balaban J connectivity index is 2.38. The molecule has 96 valence electrons. The maximum Gasteiger partial charge on any atom is 0.129 e. The maximum absolute atomic E-state index is 13.5. The minimum absolute atomic E-state index is 0.262. The first kappa shape index (κ1) is 12.6. The number of para-hydroxylation sites is 1. The smallest absolute Gasteiger partial charge is 0.129 e. The number of hydrogen-bond donors (Lipinski definition) is 0. The predicted octanol–water partition coefficient (Wildman–Crippen LogP) is 4.67. The summed E-state index contributed by atoms with van der Waals surface area (Å²) in [5.41, 5.74) is 2.33. The highest BCUT2D eigenvalue weighted by Gasteiger charge is 2.14. The van der Waals surface area contributed by atoms with E-state index < -0.39 is 0 Å². The number of alkyl halides is 1. The average Bonchev–Trinajstić information content (AvgIpc) is 2.77. The molecule has 0 spiro atoms. The van der Waals surface area contributed by atoms with Crippen LogP contribution in [0.25, 0.3) is 16.7 Å². The van der Waals surface area contributed by atoms with Gasteiger partial charge in [-0.05, 0) is 40.2 Å². The Morgan fingerprint density at radius 1 is 1.21 bits per heavy atom. The van der Waals surface area contributed by atoms with E-state index in [0.717, 1.165) is 15.7 Å². The molecule has 1 aromatic heterocycles. The van der Waals surface area contributed by atoms with Crippen LogP contribution < -0.4 is 0 Å². The lowest BCUT2D eigenvalue weighted by atomic mass is 10.2. The third kappa shape index (κ3) is 2.15. The summed E-state index contributed by atoms with van der Waals surface area (Å²) in [5.74, 6) is 0.661. The van der Waals surface area contributed by atoms with Crippen LogP contribution in [0.5, 0.6) is 0 Å². The summed E-state index contributed by atoms with van der Waals surface area (Å²) in [6.45, 7) is 0. The van der Waals surface area contributed by atoms with E-state index in [0.29, 0.717) is 11.3 Å². The number of imidazole rings is 1. The molecule has 2 aromatic carbocycles. The molecule has 0 aliphatic heterocycles. The van der Waals surface area contributed by atoms with E-state index in [1.807, 2.05) is 28.8 Å². The van der Waals surface area contributed by atoms with Crippen LogP contribution in [-0.2, 0) is 5.88 Å². The number of rotatable bonds is 2. The van der Waals surface area contributed by atoms with E-state index in [1.54, 1.807) is 6.07 Å². The van der Waals surface area contributed by atoms with Crippen LogP contribution in [0.3, 0.4) is 0 Å². The summed E-state index contributed by atoms with van der Waals surface area (Å²) >= 11 is 9.45. The fraction of sp³-hybridized carbons (Fsp3) is 0.0714. The van der Waals surface area contributed by atoms with Crippen LogP contribution in [0, 0.1) is 5.82 Å². The maximum atomic E-state index is 13.5. The Hall–Kier alpha value is -1.39. The lowest BCUT2D eigenvalue weighted by Crippen LogP contribution is -2.00. The molecule has 0 N–H and O–H groups in total. The van der Waals surface area contributed by atoms with Gasteiger partial charge in [-0.3, -0.25) is 4.57 Å². The Labute approximate surface area is 123 Å². The van der Waals surface area contributed by atoms with Crippen molar-refractivity contribution in [1.29, 1.82) is 0 Å². The van der Waals surface area contributed by atoms with E-state index in [-0.39, 0.29) is 11.7 Å². The number of benzene rings is 2. The van der Waals surface area contributed by atoms with Gasteiger partial charge in [0.05, 0.1) is 22.6 Å². The van der Waals surface area contributed by atoms with Crippen LogP contribution in [-0.4, -0.2) is 9.55 Å². The zero-order valence-electron chi connectivity index (χ0n) is 9.78. The first-order valence-electron chi connectivity index (χ1n) is 5.68. The molecule has 0 unspecified atom stereocenters. The van der Waals surface area contributed by atoms with Crippen molar-refractivity contribution in [2.75, 3.05) is 0 Å². The average molecular weight is 340 g/mol. The molecule has 0 atom stereocenters. The highest BCUT2D eigenvalue weighted by Crippen LogP contribution is 2.28. The molecule has 1 heterocycles. The van der Waals surface area contributed by atoms with Crippen molar-refractivity contribution >= 4 is 38.6 Å². The second-order valence-electron chi connectivity index (χ2n) is 4.08. The number of fused-ring (bicyclic) bond motifs is 1. The van der Waals surface area contributed by atoms with Gasteiger partial charge in [0.25, 0.3) is 0 Å². The third-order valence-electron chi connectivity index (χ3n) is 2.90. The Morgan fingerprint density at radius 2 is 2.00 bits per heavy atom. The van der Waals surface area contributed by atoms with Crippen LogP contribution in [0.1, 0.15) is 5.82 Å². The Kier molecular flexibility index (Phi) is 3.29. The van der Waals surface area contributed by atoms with Crippen molar-refractivity contribution in [2.24, 2.45) is 0 Å². The van der Waals surface area contributed by atoms with E-state index in [2.05, 4.69) is 20.9 Å². The topological polar surface area (TPSA) is 17.8 Å². The van der Waals surface area contributed by atoms with E-state index in [4.69, 9.17) is 11.6 Å². The summed E-state index contributed by atoms with van der Waals surface area (Å²) in [4.78, 5) is 4.43. The SMILES string of the molecule is Fc1ccc2nc(CCl)n(-c3ccccc3Br)c2c1. The third-order valence-corrected chi connectivity index (χ3v) is 3.81. The van der Waals surface area contributed by atoms with Crippen molar-refractivity contribution in [3.63, 3.8) is 0 Å². The molecule has 0 aliphatic carbocycles. The Bertz CT molecular complexity index is 754. The molecular weight excluding hydrogens is 331 g/mol. The molecule has 5 heteroatoms. The fourth-order valence-corrected chi connectivity index (χ4v) is 2.73. The van der Waals surface area contributed by atoms with Gasteiger partial charge in [-0.15, -0.1) is 11.6 Å². The van der Waals surface area contributed by atoms with Gasteiger partial charge in [-0.25, -0.2) is 9.37 Å². The van der Waals surface area contributed by atoms with Gasteiger partial charge >= 0.3 is 0 Å². The second-order valence-corrected chi connectivity index (χ2v) is 5.20. The van der Waals surface area contributed by atoms with Gasteiger partial charge in [0, 0.05) is 10.5 Å². The van der Waals surface area contributed by atoms with Crippen LogP contribution in [0.4, 0.5) is 4.39 Å². The van der Waals surface area contributed by atoms with E-state index >= 15 is 0 Å². The summed E-state index contributed by atoms with van der Waals surface area (Å²) in [6.07, 6.45) is 0. The summed E-state index contributed by atoms with van der Waals surface area (Å²) in [5, 5.41) is 0. The molecule has 2 nitrogen and oxygen atoms in total. The number of hydrogen-bond acceptors (Lipinski definition) is 1. The van der Waals surface area contributed by atoms with Gasteiger partial charge in [-0.1, -0.05) is 12.1 Å². The quantitative estimate of drug-likeness (QED) is 0.621. The van der Waals surface area contributed by atoms with E-state index in [1.165, 1.54) is 12.1 Å². The molecule has 0 amide bonds. The van der Waals surface area contributed by atoms with Crippen molar-refractivity contribution in [2.45, 2.75) is 5.88 Å². The van der Waals surface area contributed by atoms with Gasteiger partial charge < -0.3 is 0 Å². The van der Waals surface area contributed by atoms with E-state index in [9.17, 15) is 4.39 Å². The minimum atomic E-state index is -0.290. The van der Waals surface area contributed by atoms with Crippen LogP contribution in [0.15, 0.2) is 46.9 Å². The number of aromatic nitrogens is 2. The van der Waals surface area contributed by atoms with Gasteiger partial charge in [0.2, 0.25) is 0 Å². The number of halogens is 3. The summed E-state index contributed by atoms with van der Waals surface area (Å²) in [7, 11) is 0. The second kappa shape index (κ2) is 4.94. The molecule has 0 aliphatic rings. The Morgan fingerprint density at radius 3 is 2.74 bits per heavy atom. The van der Waals surface area contributed by atoms with Crippen LogP contribution in [0.2, 0.25) is 0 Å². The standard InChI is InChI=1S/C14H9BrClFN2/c15-10-3-1-2-4-12(10)19-13-7-9(17)5-6-11(13)18-14(19)8-16/h1-7H,8H2. The van der Waals surface area contributed by atoms with Gasteiger partial charge in [0.15, 0.2) is 0 Å². The monoisotopic (exact) mass is 338 g/mol. The highest BCUT2D eigenvalue weighted by atomic mass is 79.9. The zero-order chi connectivity index (χ0) is 13.4. The van der Waals surface area contributed by atoms with Gasteiger partial charge in [0.1, 0.15) is 11.6 Å². The highest BCUT2D eigenvalue weighted by molar-refractivity contribution is 9.10. The number of nitrogens with zero attached hydrogens (tertiary/aromatic N) is 2. The molecular formula is C14H9BrClFN2. The summed E-state index contributed by atoms with van der Waals surface area (Å²) in [6, 6.07) is 12.2. The molecule has 0 saturated heterocycles. The molecule has 0 bridgehead atoms. The van der Waals surface area contributed by atoms with Crippen molar-refractivity contribution in [3.8, 4) is 5.69 Å².